The summed E-state index contributed by atoms with van der Waals surface area (Å²) in [4.78, 5) is 21.8. The van der Waals surface area contributed by atoms with Gasteiger partial charge in [-0.2, -0.15) is 0 Å². The molecule has 1 aromatic heterocycles. The van der Waals surface area contributed by atoms with Crippen molar-refractivity contribution in [3.05, 3.63) is 70.2 Å². The summed E-state index contributed by atoms with van der Waals surface area (Å²) in [5, 5.41) is 22.4. The highest BCUT2D eigenvalue weighted by molar-refractivity contribution is 5.92. The maximum Gasteiger partial charge on any atom is 0.269 e. The zero-order valence-electron chi connectivity index (χ0n) is 11.5. The summed E-state index contributed by atoms with van der Waals surface area (Å²) in [7, 11) is 0. The number of benzene rings is 1. The molecule has 2 N–H and O–H groups in total. The summed E-state index contributed by atoms with van der Waals surface area (Å²) < 4.78 is 5.12. The Labute approximate surface area is 126 Å². The molecular weight excluding hydrogens is 288 g/mol. The van der Waals surface area contributed by atoms with Crippen LogP contribution in [0.5, 0.6) is 0 Å². The van der Waals surface area contributed by atoms with Crippen LogP contribution in [0.3, 0.4) is 0 Å². The number of carbonyl (C=O) groups excluding carboxylic acids is 1. The van der Waals surface area contributed by atoms with E-state index in [-0.39, 0.29) is 12.3 Å². The minimum absolute atomic E-state index is 0.0141. The van der Waals surface area contributed by atoms with Gasteiger partial charge in [-0.15, -0.1) is 0 Å². The molecule has 0 saturated heterocycles. The van der Waals surface area contributed by atoms with Gasteiger partial charge in [-0.1, -0.05) is 0 Å². The Bertz CT molecular complexity index is 662. The number of nitro groups is 1. The molecule has 7 heteroatoms. The summed E-state index contributed by atoms with van der Waals surface area (Å²) in [5.41, 5.74) is 0.638. The molecule has 1 heterocycles. The number of nitrogens with one attached hydrogen (secondary N) is 1. The number of furan rings is 1. The van der Waals surface area contributed by atoms with E-state index in [1.54, 1.807) is 12.1 Å². The minimum Gasteiger partial charge on any atom is -0.467 e. The van der Waals surface area contributed by atoms with Crippen molar-refractivity contribution in [3.63, 3.8) is 0 Å². The lowest BCUT2D eigenvalue weighted by Crippen LogP contribution is -2.28. The predicted octanol–water partition coefficient (Wildman–Crippen LogP) is 2.05. The van der Waals surface area contributed by atoms with Crippen LogP contribution in [-0.4, -0.2) is 22.5 Å². The fourth-order valence-electron chi connectivity index (χ4n) is 1.80. The van der Waals surface area contributed by atoms with Gasteiger partial charge in [-0.3, -0.25) is 14.9 Å². The summed E-state index contributed by atoms with van der Waals surface area (Å²) >= 11 is 0. The Morgan fingerprint density at radius 2 is 2.09 bits per heavy atom. The van der Waals surface area contributed by atoms with Crippen molar-refractivity contribution in [2.45, 2.75) is 6.04 Å². The van der Waals surface area contributed by atoms with Crippen molar-refractivity contribution in [3.8, 4) is 0 Å². The molecule has 1 amide bonds. The van der Waals surface area contributed by atoms with Crippen LogP contribution in [-0.2, 0) is 4.79 Å². The van der Waals surface area contributed by atoms with Crippen molar-refractivity contribution in [1.29, 1.82) is 0 Å². The molecule has 1 aromatic carbocycles. The van der Waals surface area contributed by atoms with E-state index in [1.165, 1.54) is 42.7 Å². The first-order valence-electron chi connectivity index (χ1n) is 6.47. The third kappa shape index (κ3) is 4.03. The van der Waals surface area contributed by atoms with Gasteiger partial charge in [0, 0.05) is 18.2 Å². The molecule has 7 nitrogen and oxygen atoms in total. The first-order chi connectivity index (χ1) is 10.6. The maximum atomic E-state index is 11.8. The minimum atomic E-state index is -0.621. The number of rotatable bonds is 6. The molecule has 1 atom stereocenters. The van der Waals surface area contributed by atoms with Gasteiger partial charge >= 0.3 is 0 Å². The van der Waals surface area contributed by atoms with Crippen LogP contribution in [0.25, 0.3) is 6.08 Å². The highest BCUT2D eigenvalue weighted by Crippen LogP contribution is 2.14. The lowest BCUT2D eigenvalue weighted by Gasteiger charge is -2.11. The second-order valence-corrected chi connectivity index (χ2v) is 4.44. The standard InChI is InChI=1S/C15H14N2O5/c18-10-13(14-2-1-9-22-14)16-15(19)8-5-11-3-6-12(7-4-11)17(20)21/h1-9,13,18H,10H2,(H,16,19)/b8-5+. The zero-order valence-corrected chi connectivity index (χ0v) is 11.5. The third-order valence-electron chi connectivity index (χ3n) is 2.92. The first-order valence-corrected chi connectivity index (χ1v) is 6.47. The van der Waals surface area contributed by atoms with E-state index in [4.69, 9.17) is 4.42 Å². The summed E-state index contributed by atoms with van der Waals surface area (Å²) in [6.45, 7) is -0.287. The number of hydrogen-bond donors (Lipinski definition) is 2. The van der Waals surface area contributed by atoms with Crippen LogP contribution < -0.4 is 5.32 Å². The predicted molar refractivity (Wildman–Crippen MR) is 78.8 cm³/mol. The summed E-state index contributed by atoms with van der Waals surface area (Å²) in [5.74, 6) is 0.0494. The van der Waals surface area contributed by atoms with Crippen LogP contribution >= 0.6 is 0 Å². The van der Waals surface area contributed by atoms with Crippen LogP contribution in [0.1, 0.15) is 17.4 Å². The SMILES string of the molecule is O=C(/C=C/c1ccc([N+](=O)[O-])cc1)NC(CO)c1ccco1. The number of non-ortho nitro benzene ring substituents is 1. The van der Waals surface area contributed by atoms with Gasteiger partial charge in [-0.25, -0.2) is 0 Å². The van der Waals surface area contributed by atoms with Crippen molar-refractivity contribution in [1.82, 2.24) is 5.32 Å². The Morgan fingerprint density at radius 1 is 1.36 bits per heavy atom. The molecular formula is C15H14N2O5. The van der Waals surface area contributed by atoms with Gasteiger partial charge in [-0.05, 0) is 35.9 Å². The van der Waals surface area contributed by atoms with E-state index in [1.807, 2.05) is 0 Å². The quantitative estimate of drug-likeness (QED) is 0.482. The second kappa shape index (κ2) is 7.19. The lowest BCUT2D eigenvalue weighted by atomic mass is 10.2. The van der Waals surface area contributed by atoms with Crippen molar-refractivity contribution in [2.24, 2.45) is 0 Å². The second-order valence-electron chi connectivity index (χ2n) is 4.44. The van der Waals surface area contributed by atoms with E-state index in [9.17, 15) is 20.0 Å². The van der Waals surface area contributed by atoms with Crippen LogP contribution in [0, 0.1) is 10.1 Å². The smallest absolute Gasteiger partial charge is 0.269 e. The molecule has 0 aliphatic rings. The Kier molecular flexibility index (Phi) is 5.05. The first kappa shape index (κ1) is 15.5. The highest BCUT2D eigenvalue weighted by atomic mass is 16.6. The molecule has 1 unspecified atom stereocenters. The van der Waals surface area contributed by atoms with Crippen LogP contribution in [0.2, 0.25) is 0 Å². The maximum absolute atomic E-state index is 11.8. The highest BCUT2D eigenvalue weighted by Gasteiger charge is 2.14. The molecule has 0 aliphatic carbocycles. The Hall–Kier alpha value is -2.93. The average molecular weight is 302 g/mol. The number of nitro benzene ring substituents is 1. The van der Waals surface area contributed by atoms with E-state index in [0.29, 0.717) is 11.3 Å². The van der Waals surface area contributed by atoms with Crippen molar-refractivity contribution < 1.29 is 19.2 Å². The average Bonchev–Trinajstić information content (AvgIpc) is 3.05. The third-order valence-corrected chi connectivity index (χ3v) is 2.92. The Morgan fingerprint density at radius 3 is 2.64 bits per heavy atom. The largest absolute Gasteiger partial charge is 0.467 e. The monoisotopic (exact) mass is 302 g/mol. The van der Waals surface area contributed by atoms with E-state index in [2.05, 4.69) is 5.32 Å². The topological polar surface area (TPSA) is 106 Å². The number of aliphatic hydroxyl groups excluding tert-OH is 1. The van der Waals surface area contributed by atoms with Gasteiger partial charge in [0.25, 0.3) is 5.69 Å². The van der Waals surface area contributed by atoms with Gasteiger partial charge in [0.1, 0.15) is 11.8 Å². The van der Waals surface area contributed by atoms with Gasteiger partial charge < -0.3 is 14.8 Å². The van der Waals surface area contributed by atoms with Crippen molar-refractivity contribution >= 4 is 17.7 Å². The van der Waals surface area contributed by atoms with Crippen molar-refractivity contribution in [2.75, 3.05) is 6.61 Å². The molecule has 0 saturated carbocycles. The number of hydrogen-bond acceptors (Lipinski definition) is 5. The van der Waals surface area contributed by atoms with E-state index < -0.39 is 16.9 Å². The summed E-state index contributed by atoms with van der Waals surface area (Å²) in [6.07, 6.45) is 4.26. The van der Waals surface area contributed by atoms with Crippen LogP contribution in [0.15, 0.2) is 53.2 Å². The van der Waals surface area contributed by atoms with E-state index >= 15 is 0 Å². The summed E-state index contributed by atoms with van der Waals surface area (Å²) in [6, 6.07) is 8.49. The lowest BCUT2D eigenvalue weighted by molar-refractivity contribution is -0.384. The molecule has 0 aliphatic heterocycles. The fourth-order valence-corrected chi connectivity index (χ4v) is 1.80. The normalized spacial score (nSPS) is 12.2. The number of nitrogens with zero attached hydrogens (tertiary/aromatic N) is 1. The number of aliphatic hydroxyl groups is 1. The van der Waals surface area contributed by atoms with Crippen LogP contribution in [0.4, 0.5) is 5.69 Å². The number of carbonyl (C=O) groups is 1. The van der Waals surface area contributed by atoms with Gasteiger partial charge in [0.15, 0.2) is 0 Å². The van der Waals surface area contributed by atoms with Gasteiger partial charge in [0.05, 0.1) is 17.8 Å². The molecule has 2 aromatic rings. The zero-order chi connectivity index (χ0) is 15.9. The van der Waals surface area contributed by atoms with Gasteiger partial charge in [0.2, 0.25) is 5.91 Å². The molecule has 0 radical (unpaired) electrons. The molecule has 0 fully saturated rings. The molecule has 22 heavy (non-hydrogen) atoms. The van der Waals surface area contributed by atoms with E-state index in [0.717, 1.165) is 0 Å². The Balaban J connectivity index is 1.97. The number of amides is 1. The molecule has 114 valence electrons. The molecule has 2 rings (SSSR count). The fraction of sp³-hybridized carbons (Fsp3) is 0.133. The molecule has 0 spiro atoms. The molecule has 0 bridgehead atoms.